The van der Waals surface area contributed by atoms with Crippen molar-refractivity contribution in [1.29, 1.82) is 0 Å². The fourth-order valence-electron chi connectivity index (χ4n) is 3.00. The first-order valence-corrected chi connectivity index (χ1v) is 8.56. The van der Waals surface area contributed by atoms with Crippen molar-refractivity contribution in [2.24, 2.45) is 17.6 Å². The van der Waals surface area contributed by atoms with Gasteiger partial charge in [-0.3, -0.25) is 0 Å². The Balaban J connectivity index is 1.81. The van der Waals surface area contributed by atoms with Gasteiger partial charge in [0.25, 0.3) is 0 Å². The summed E-state index contributed by atoms with van der Waals surface area (Å²) in [5.41, 5.74) is 5.15. The number of hydrogen-bond acceptors (Lipinski definition) is 3. The summed E-state index contributed by atoms with van der Waals surface area (Å²) in [4.78, 5) is -0.121. The molecule has 1 saturated heterocycles. The van der Waals surface area contributed by atoms with Gasteiger partial charge in [-0.2, -0.15) is 17.5 Å². The highest BCUT2D eigenvalue weighted by atomic mass is 32.2. The maximum atomic E-state index is 12.5. The number of rotatable bonds is 3. The first kappa shape index (κ1) is 15.8. The minimum absolute atomic E-state index is 0.121. The number of nitrogens with zero attached hydrogens (tertiary/aromatic N) is 1. The van der Waals surface area contributed by atoms with Gasteiger partial charge in [0.05, 0.1) is 10.5 Å². The van der Waals surface area contributed by atoms with Crippen molar-refractivity contribution >= 4 is 10.0 Å². The van der Waals surface area contributed by atoms with E-state index in [4.69, 9.17) is 5.73 Å². The van der Waals surface area contributed by atoms with E-state index < -0.39 is 21.8 Å². The highest BCUT2D eigenvalue weighted by Crippen LogP contribution is 2.42. The Kier molecular flexibility index (Phi) is 3.73. The minimum atomic E-state index is -4.48. The Morgan fingerprint density at radius 3 is 2.18 bits per heavy atom. The van der Waals surface area contributed by atoms with Crippen molar-refractivity contribution in [3.05, 3.63) is 29.8 Å². The summed E-state index contributed by atoms with van der Waals surface area (Å²) in [5.74, 6) is 0.645. The summed E-state index contributed by atoms with van der Waals surface area (Å²) in [5, 5.41) is 0. The Labute approximate surface area is 127 Å². The molecule has 1 aliphatic heterocycles. The molecule has 0 unspecified atom stereocenters. The third-order valence-electron chi connectivity index (χ3n) is 4.43. The highest BCUT2D eigenvalue weighted by Gasteiger charge is 2.44. The van der Waals surface area contributed by atoms with E-state index in [1.807, 2.05) is 0 Å². The molecule has 2 aliphatic rings. The van der Waals surface area contributed by atoms with Gasteiger partial charge >= 0.3 is 6.18 Å². The summed E-state index contributed by atoms with van der Waals surface area (Å²) < 4.78 is 63.9. The Hall–Kier alpha value is -1.12. The van der Waals surface area contributed by atoms with Gasteiger partial charge in [-0.25, -0.2) is 8.42 Å². The molecular weight excluding hydrogens is 317 g/mol. The minimum Gasteiger partial charge on any atom is -0.326 e. The topological polar surface area (TPSA) is 63.4 Å². The second-order valence-electron chi connectivity index (χ2n) is 6.01. The normalized spacial score (nSPS) is 27.3. The number of halogens is 3. The predicted molar refractivity (Wildman–Crippen MR) is 74.4 cm³/mol. The molecule has 1 aromatic rings. The van der Waals surface area contributed by atoms with Gasteiger partial charge in [0.15, 0.2) is 0 Å². The average molecular weight is 334 g/mol. The molecular formula is C14H17F3N2O2S. The molecule has 22 heavy (non-hydrogen) atoms. The lowest BCUT2D eigenvalue weighted by molar-refractivity contribution is -0.137. The van der Waals surface area contributed by atoms with Crippen molar-refractivity contribution in [3.8, 4) is 0 Å². The summed E-state index contributed by atoms with van der Waals surface area (Å²) in [7, 11) is -3.79. The predicted octanol–water partition coefficient (Wildman–Crippen LogP) is 2.06. The summed E-state index contributed by atoms with van der Waals surface area (Å²) in [6.07, 6.45) is -2.32. The van der Waals surface area contributed by atoms with Gasteiger partial charge < -0.3 is 5.73 Å². The molecule has 0 bridgehead atoms. The standard InChI is InChI=1S/C14H17F3N2O2S/c15-14(16,17)10-3-5-11(6-4-10)22(20,21)19-7-12(9-1-2-9)13(18)8-19/h3-6,9,12-13H,1-2,7-8,18H2/t12-,13+/m1/s1. The van der Waals surface area contributed by atoms with E-state index in [0.29, 0.717) is 12.5 Å². The molecule has 2 N–H and O–H groups in total. The molecule has 1 saturated carbocycles. The monoisotopic (exact) mass is 334 g/mol. The van der Waals surface area contributed by atoms with Crippen LogP contribution in [0.2, 0.25) is 0 Å². The van der Waals surface area contributed by atoms with E-state index in [0.717, 1.165) is 37.1 Å². The zero-order chi connectivity index (χ0) is 16.1. The zero-order valence-corrected chi connectivity index (χ0v) is 12.6. The maximum absolute atomic E-state index is 12.5. The van der Waals surface area contributed by atoms with Gasteiger partial charge in [-0.05, 0) is 48.9 Å². The van der Waals surface area contributed by atoms with Crippen molar-refractivity contribution < 1.29 is 21.6 Å². The molecule has 0 aromatic heterocycles. The molecule has 122 valence electrons. The molecule has 0 amide bonds. The molecule has 3 rings (SSSR count). The van der Waals surface area contributed by atoms with Gasteiger partial charge in [0, 0.05) is 19.1 Å². The van der Waals surface area contributed by atoms with Crippen molar-refractivity contribution in [2.75, 3.05) is 13.1 Å². The maximum Gasteiger partial charge on any atom is 0.416 e. The van der Waals surface area contributed by atoms with Crippen LogP contribution in [0.4, 0.5) is 13.2 Å². The molecule has 0 radical (unpaired) electrons. The summed E-state index contributed by atoms with van der Waals surface area (Å²) >= 11 is 0. The van der Waals surface area contributed by atoms with E-state index in [2.05, 4.69) is 0 Å². The fourth-order valence-corrected chi connectivity index (χ4v) is 4.51. The van der Waals surface area contributed by atoms with Crippen LogP contribution in [0.15, 0.2) is 29.2 Å². The SMILES string of the molecule is N[C@H]1CN(S(=O)(=O)c2ccc(C(F)(F)F)cc2)C[C@@H]1C1CC1. The molecule has 1 heterocycles. The number of hydrogen-bond donors (Lipinski definition) is 1. The van der Waals surface area contributed by atoms with Crippen molar-refractivity contribution in [3.63, 3.8) is 0 Å². The third kappa shape index (κ3) is 2.87. The van der Waals surface area contributed by atoms with Crippen LogP contribution >= 0.6 is 0 Å². The van der Waals surface area contributed by atoms with E-state index in [1.54, 1.807) is 0 Å². The van der Waals surface area contributed by atoms with Gasteiger partial charge in [0.2, 0.25) is 10.0 Å². The quantitative estimate of drug-likeness (QED) is 0.920. The lowest BCUT2D eigenvalue weighted by Gasteiger charge is -2.17. The van der Waals surface area contributed by atoms with Crippen LogP contribution in [-0.2, 0) is 16.2 Å². The lowest BCUT2D eigenvalue weighted by atomic mass is 9.99. The van der Waals surface area contributed by atoms with Crippen molar-refractivity contribution in [2.45, 2.75) is 30.0 Å². The summed E-state index contributed by atoms with van der Waals surface area (Å²) in [6, 6.07) is 3.40. The van der Waals surface area contributed by atoms with Crippen molar-refractivity contribution in [1.82, 2.24) is 4.31 Å². The Morgan fingerprint density at radius 1 is 1.09 bits per heavy atom. The Morgan fingerprint density at radius 2 is 1.68 bits per heavy atom. The molecule has 1 aliphatic carbocycles. The van der Waals surface area contributed by atoms with Crippen LogP contribution in [0.3, 0.4) is 0 Å². The zero-order valence-electron chi connectivity index (χ0n) is 11.8. The molecule has 2 atom stereocenters. The van der Waals surface area contributed by atoms with Gasteiger partial charge in [-0.1, -0.05) is 0 Å². The van der Waals surface area contributed by atoms with Crippen LogP contribution in [-0.4, -0.2) is 31.9 Å². The molecule has 8 heteroatoms. The molecule has 4 nitrogen and oxygen atoms in total. The Bertz CT molecular complexity index is 654. The number of nitrogens with two attached hydrogens (primary N) is 1. The third-order valence-corrected chi connectivity index (χ3v) is 6.27. The number of alkyl halides is 3. The van der Waals surface area contributed by atoms with Crippen LogP contribution in [0, 0.1) is 11.8 Å². The fraction of sp³-hybridized carbons (Fsp3) is 0.571. The van der Waals surface area contributed by atoms with E-state index >= 15 is 0 Å². The lowest BCUT2D eigenvalue weighted by Crippen LogP contribution is -2.32. The van der Waals surface area contributed by atoms with Crippen LogP contribution in [0.5, 0.6) is 0 Å². The van der Waals surface area contributed by atoms with Crippen LogP contribution in [0.1, 0.15) is 18.4 Å². The molecule has 2 fully saturated rings. The smallest absolute Gasteiger partial charge is 0.326 e. The second-order valence-corrected chi connectivity index (χ2v) is 7.95. The highest BCUT2D eigenvalue weighted by molar-refractivity contribution is 7.89. The average Bonchev–Trinajstić information content (AvgIpc) is 3.20. The van der Waals surface area contributed by atoms with E-state index in [1.165, 1.54) is 4.31 Å². The first-order valence-electron chi connectivity index (χ1n) is 7.12. The second kappa shape index (κ2) is 5.21. The molecule has 0 spiro atoms. The largest absolute Gasteiger partial charge is 0.416 e. The number of benzene rings is 1. The van der Waals surface area contributed by atoms with Gasteiger partial charge in [-0.15, -0.1) is 0 Å². The van der Waals surface area contributed by atoms with Crippen LogP contribution in [0.25, 0.3) is 0 Å². The first-order chi connectivity index (χ1) is 10.2. The number of sulfonamides is 1. The van der Waals surface area contributed by atoms with E-state index in [9.17, 15) is 21.6 Å². The van der Waals surface area contributed by atoms with E-state index in [-0.39, 0.29) is 23.4 Å². The summed E-state index contributed by atoms with van der Waals surface area (Å²) in [6.45, 7) is 0.583. The van der Waals surface area contributed by atoms with Crippen LogP contribution < -0.4 is 5.73 Å². The molecule has 1 aromatic carbocycles. The van der Waals surface area contributed by atoms with Gasteiger partial charge in [0.1, 0.15) is 0 Å².